The molecule has 0 saturated carbocycles. The predicted molar refractivity (Wildman–Crippen MR) is 107 cm³/mol. The lowest BCUT2D eigenvalue weighted by atomic mass is 10.0. The summed E-state index contributed by atoms with van der Waals surface area (Å²) in [6.45, 7) is 3.77. The van der Waals surface area contributed by atoms with Gasteiger partial charge >= 0.3 is 0 Å². The predicted octanol–water partition coefficient (Wildman–Crippen LogP) is 1.03. The number of benzene rings is 1. The molecule has 0 aliphatic carbocycles. The maximum absolute atomic E-state index is 12.5. The van der Waals surface area contributed by atoms with E-state index in [4.69, 9.17) is 5.73 Å². The van der Waals surface area contributed by atoms with E-state index in [2.05, 4.69) is 5.32 Å². The van der Waals surface area contributed by atoms with Crippen LogP contribution in [-0.4, -0.2) is 66.3 Å². The molecule has 0 unspecified atom stereocenters. The smallest absolute Gasteiger partial charge is 0.253 e. The number of carbonyl (C=O) groups is 3. The molecule has 1 aliphatic heterocycles. The lowest BCUT2D eigenvalue weighted by Gasteiger charge is -2.38. The van der Waals surface area contributed by atoms with E-state index in [0.717, 1.165) is 19.3 Å². The number of nitrogens with zero attached hydrogens (tertiary/aromatic N) is 2. The van der Waals surface area contributed by atoms with E-state index in [9.17, 15) is 14.4 Å². The normalized spacial score (nSPS) is 14.2. The molecule has 0 atom stereocenters. The minimum atomic E-state index is -0.335. The Morgan fingerprint density at radius 3 is 2.37 bits per heavy atom. The van der Waals surface area contributed by atoms with Crippen LogP contribution in [0, 0.1) is 0 Å². The highest BCUT2D eigenvalue weighted by atomic mass is 35.5. The van der Waals surface area contributed by atoms with Gasteiger partial charge in [-0.05, 0) is 31.4 Å². The van der Waals surface area contributed by atoms with E-state index in [1.54, 1.807) is 0 Å². The molecule has 0 spiro atoms. The van der Waals surface area contributed by atoms with Gasteiger partial charge in [-0.2, -0.15) is 0 Å². The van der Waals surface area contributed by atoms with Crippen LogP contribution < -0.4 is 11.1 Å². The van der Waals surface area contributed by atoms with Crippen molar-refractivity contribution in [1.82, 2.24) is 15.1 Å². The molecule has 0 bridgehead atoms. The average molecular weight is 397 g/mol. The molecule has 1 aromatic carbocycles. The Hall–Kier alpha value is -2.12. The number of likely N-dealkylation sites (tertiary alicyclic amines) is 1. The standard InChI is InChI=1S/C19H28N4O3.ClH/c1-2-10-23(18(25)14-21-17(24)13-20)16-8-11-22(12-9-16)19(26)15-6-4-3-5-7-15;/h3-7,16H,2,8-14,20H2,1H3,(H,21,24);1H. The van der Waals surface area contributed by atoms with Crippen LogP contribution in [0.2, 0.25) is 0 Å². The molecule has 150 valence electrons. The van der Waals surface area contributed by atoms with Crippen molar-refractivity contribution in [1.29, 1.82) is 0 Å². The maximum Gasteiger partial charge on any atom is 0.253 e. The third-order valence-electron chi connectivity index (χ3n) is 4.62. The van der Waals surface area contributed by atoms with Crippen molar-refractivity contribution >= 4 is 30.1 Å². The number of carbonyl (C=O) groups excluding carboxylic acids is 3. The van der Waals surface area contributed by atoms with Gasteiger partial charge in [-0.15, -0.1) is 12.4 Å². The van der Waals surface area contributed by atoms with Gasteiger partial charge in [-0.25, -0.2) is 0 Å². The maximum atomic E-state index is 12.5. The van der Waals surface area contributed by atoms with Gasteiger partial charge in [-0.3, -0.25) is 14.4 Å². The van der Waals surface area contributed by atoms with Gasteiger partial charge < -0.3 is 20.9 Å². The van der Waals surface area contributed by atoms with Crippen LogP contribution in [-0.2, 0) is 9.59 Å². The van der Waals surface area contributed by atoms with Crippen molar-refractivity contribution < 1.29 is 14.4 Å². The van der Waals surface area contributed by atoms with Crippen LogP contribution in [0.25, 0.3) is 0 Å². The van der Waals surface area contributed by atoms with Gasteiger partial charge in [0, 0.05) is 31.2 Å². The van der Waals surface area contributed by atoms with Crippen LogP contribution in [0.3, 0.4) is 0 Å². The number of nitrogens with one attached hydrogen (secondary N) is 1. The number of amides is 3. The Balaban J connectivity index is 0.00000364. The van der Waals surface area contributed by atoms with E-state index in [1.807, 2.05) is 47.1 Å². The van der Waals surface area contributed by atoms with Crippen LogP contribution in [0.5, 0.6) is 0 Å². The molecule has 1 aromatic rings. The molecule has 3 amide bonds. The second-order valence-corrected chi connectivity index (χ2v) is 6.46. The van der Waals surface area contributed by atoms with E-state index in [0.29, 0.717) is 25.2 Å². The van der Waals surface area contributed by atoms with E-state index in [-0.39, 0.29) is 49.3 Å². The van der Waals surface area contributed by atoms with Gasteiger partial charge in [0.15, 0.2) is 0 Å². The van der Waals surface area contributed by atoms with Crippen molar-refractivity contribution in [3.05, 3.63) is 35.9 Å². The summed E-state index contributed by atoms with van der Waals surface area (Å²) in [7, 11) is 0. The summed E-state index contributed by atoms with van der Waals surface area (Å²) in [4.78, 5) is 40.0. The largest absolute Gasteiger partial charge is 0.346 e. The molecular weight excluding hydrogens is 368 g/mol. The Bertz CT molecular complexity index is 619. The molecule has 1 aliphatic rings. The highest BCUT2D eigenvalue weighted by molar-refractivity contribution is 5.94. The lowest BCUT2D eigenvalue weighted by Crippen LogP contribution is -2.51. The molecule has 3 N–H and O–H groups in total. The van der Waals surface area contributed by atoms with Crippen LogP contribution in [0.15, 0.2) is 30.3 Å². The second kappa shape index (κ2) is 11.6. The zero-order valence-corrected chi connectivity index (χ0v) is 16.5. The summed E-state index contributed by atoms with van der Waals surface area (Å²) in [5.41, 5.74) is 5.94. The van der Waals surface area contributed by atoms with Crippen molar-refractivity contribution in [3.63, 3.8) is 0 Å². The number of rotatable bonds is 7. The summed E-state index contributed by atoms with van der Waals surface area (Å²) in [6, 6.07) is 9.34. The number of halogens is 1. The number of piperidine rings is 1. The molecule has 8 heteroatoms. The molecule has 1 fully saturated rings. The Labute approximate surface area is 166 Å². The summed E-state index contributed by atoms with van der Waals surface area (Å²) in [6.07, 6.45) is 2.34. The van der Waals surface area contributed by atoms with Gasteiger partial charge in [0.1, 0.15) is 0 Å². The van der Waals surface area contributed by atoms with Gasteiger partial charge in [0.2, 0.25) is 11.8 Å². The van der Waals surface area contributed by atoms with Crippen molar-refractivity contribution in [2.75, 3.05) is 32.7 Å². The quantitative estimate of drug-likeness (QED) is 0.719. The highest BCUT2D eigenvalue weighted by Crippen LogP contribution is 2.19. The molecule has 27 heavy (non-hydrogen) atoms. The Morgan fingerprint density at radius 2 is 1.81 bits per heavy atom. The third-order valence-corrected chi connectivity index (χ3v) is 4.62. The average Bonchev–Trinajstić information content (AvgIpc) is 2.70. The second-order valence-electron chi connectivity index (χ2n) is 6.46. The first-order valence-corrected chi connectivity index (χ1v) is 9.17. The van der Waals surface area contributed by atoms with Gasteiger partial charge in [0.05, 0.1) is 13.1 Å². The molecule has 1 saturated heterocycles. The fraction of sp³-hybridized carbons (Fsp3) is 0.526. The summed E-state index contributed by atoms with van der Waals surface area (Å²) >= 11 is 0. The summed E-state index contributed by atoms with van der Waals surface area (Å²) < 4.78 is 0. The van der Waals surface area contributed by atoms with Gasteiger partial charge in [0.25, 0.3) is 5.91 Å². The van der Waals surface area contributed by atoms with Crippen LogP contribution in [0.1, 0.15) is 36.5 Å². The molecule has 1 heterocycles. The summed E-state index contributed by atoms with van der Waals surface area (Å²) in [5.74, 6) is -0.396. The van der Waals surface area contributed by atoms with Crippen LogP contribution in [0.4, 0.5) is 0 Å². The fourth-order valence-electron chi connectivity index (χ4n) is 3.24. The molecular formula is C19H29ClN4O3. The molecule has 0 aromatic heterocycles. The van der Waals surface area contributed by atoms with E-state index >= 15 is 0 Å². The van der Waals surface area contributed by atoms with E-state index in [1.165, 1.54) is 0 Å². The highest BCUT2D eigenvalue weighted by Gasteiger charge is 2.29. The number of hydrogen-bond acceptors (Lipinski definition) is 4. The first-order valence-electron chi connectivity index (χ1n) is 9.17. The molecule has 2 rings (SSSR count). The van der Waals surface area contributed by atoms with Crippen LogP contribution >= 0.6 is 12.4 Å². The Morgan fingerprint density at radius 1 is 1.19 bits per heavy atom. The van der Waals surface area contributed by atoms with Crippen molar-refractivity contribution in [2.24, 2.45) is 5.73 Å². The topological polar surface area (TPSA) is 95.7 Å². The van der Waals surface area contributed by atoms with E-state index < -0.39 is 0 Å². The zero-order valence-electron chi connectivity index (χ0n) is 15.7. The zero-order chi connectivity index (χ0) is 18.9. The summed E-state index contributed by atoms with van der Waals surface area (Å²) in [5, 5.41) is 2.54. The van der Waals surface area contributed by atoms with Crippen molar-refractivity contribution in [2.45, 2.75) is 32.2 Å². The monoisotopic (exact) mass is 396 g/mol. The SMILES string of the molecule is CCCN(C(=O)CNC(=O)CN)C1CCN(C(=O)c2ccccc2)CC1.Cl. The first-order chi connectivity index (χ1) is 12.6. The fourth-order valence-corrected chi connectivity index (χ4v) is 3.24. The lowest BCUT2D eigenvalue weighted by molar-refractivity contribution is -0.135. The Kier molecular flexibility index (Phi) is 9.82. The molecule has 0 radical (unpaired) electrons. The molecule has 7 nitrogen and oxygen atoms in total. The minimum absolute atomic E-state index is 0. The number of nitrogens with two attached hydrogens (primary N) is 1. The third kappa shape index (κ3) is 6.52. The van der Waals surface area contributed by atoms with Gasteiger partial charge in [-0.1, -0.05) is 25.1 Å². The number of hydrogen-bond donors (Lipinski definition) is 2. The minimum Gasteiger partial charge on any atom is -0.346 e. The van der Waals surface area contributed by atoms with Crippen molar-refractivity contribution in [3.8, 4) is 0 Å². The first kappa shape index (κ1) is 22.9.